The summed E-state index contributed by atoms with van der Waals surface area (Å²) in [6.07, 6.45) is 0.119. The molecule has 0 aliphatic rings. The minimum absolute atomic E-state index is 0.119. The van der Waals surface area contributed by atoms with Crippen LogP contribution in [0.5, 0.6) is 5.75 Å². The van der Waals surface area contributed by atoms with Gasteiger partial charge in [0.1, 0.15) is 5.75 Å². The van der Waals surface area contributed by atoms with Gasteiger partial charge in [-0.3, -0.25) is 4.79 Å². The lowest BCUT2D eigenvalue weighted by Gasteiger charge is -2.07. The van der Waals surface area contributed by atoms with Crippen molar-refractivity contribution in [3.63, 3.8) is 0 Å². The predicted molar refractivity (Wildman–Crippen MR) is 71.5 cm³/mol. The number of carbonyl (C=O) groups excluding carboxylic acids is 1. The van der Waals surface area contributed by atoms with E-state index in [0.717, 1.165) is 12.1 Å². The van der Waals surface area contributed by atoms with Gasteiger partial charge in [0, 0.05) is 11.8 Å². The maximum absolute atomic E-state index is 13.0. The Morgan fingerprint density at radius 1 is 1.05 bits per heavy atom. The van der Waals surface area contributed by atoms with E-state index < -0.39 is 11.6 Å². The average Bonchev–Trinajstić information content (AvgIpc) is 2.44. The molecule has 0 radical (unpaired) electrons. The fourth-order valence-corrected chi connectivity index (χ4v) is 1.58. The molecular formula is C15H13F2NO2. The summed E-state index contributed by atoms with van der Waals surface area (Å²) in [7, 11) is 0. The summed E-state index contributed by atoms with van der Waals surface area (Å²) in [6, 6.07) is 12.3. The van der Waals surface area contributed by atoms with E-state index >= 15 is 0 Å². The van der Waals surface area contributed by atoms with Gasteiger partial charge in [0.25, 0.3) is 0 Å². The number of carbonyl (C=O) groups is 1. The second-order valence-corrected chi connectivity index (χ2v) is 4.09. The van der Waals surface area contributed by atoms with Crippen LogP contribution in [0.1, 0.15) is 6.42 Å². The zero-order chi connectivity index (χ0) is 14.4. The highest BCUT2D eigenvalue weighted by molar-refractivity contribution is 5.90. The molecule has 2 aromatic rings. The van der Waals surface area contributed by atoms with Gasteiger partial charge in [0.05, 0.1) is 13.0 Å². The Morgan fingerprint density at radius 2 is 1.80 bits per heavy atom. The normalized spacial score (nSPS) is 10.1. The summed E-state index contributed by atoms with van der Waals surface area (Å²) in [5.74, 6) is -1.60. The molecule has 0 fully saturated rings. The molecule has 0 aromatic heterocycles. The SMILES string of the molecule is O=C(CCOc1ccccc1)Nc1ccc(F)c(F)c1. The fourth-order valence-electron chi connectivity index (χ4n) is 1.58. The smallest absolute Gasteiger partial charge is 0.227 e. The molecule has 0 bridgehead atoms. The number of hydrogen-bond acceptors (Lipinski definition) is 2. The third-order valence-corrected chi connectivity index (χ3v) is 2.54. The van der Waals surface area contributed by atoms with E-state index in [0.29, 0.717) is 5.75 Å². The number of para-hydroxylation sites is 1. The van der Waals surface area contributed by atoms with Gasteiger partial charge in [-0.25, -0.2) is 8.78 Å². The van der Waals surface area contributed by atoms with Crippen molar-refractivity contribution in [2.45, 2.75) is 6.42 Å². The van der Waals surface area contributed by atoms with Gasteiger partial charge in [-0.15, -0.1) is 0 Å². The standard InChI is InChI=1S/C15H13F2NO2/c16-13-7-6-11(10-14(13)17)18-15(19)8-9-20-12-4-2-1-3-5-12/h1-7,10H,8-9H2,(H,18,19). The first-order valence-corrected chi connectivity index (χ1v) is 6.08. The van der Waals surface area contributed by atoms with Crippen LogP contribution in [0.25, 0.3) is 0 Å². The van der Waals surface area contributed by atoms with Crippen LogP contribution >= 0.6 is 0 Å². The molecule has 0 saturated heterocycles. The predicted octanol–water partition coefficient (Wildman–Crippen LogP) is 3.37. The lowest BCUT2D eigenvalue weighted by atomic mass is 10.3. The van der Waals surface area contributed by atoms with E-state index in [-0.39, 0.29) is 24.6 Å². The van der Waals surface area contributed by atoms with Crippen LogP contribution in [0.3, 0.4) is 0 Å². The molecule has 0 atom stereocenters. The monoisotopic (exact) mass is 277 g/mol. The first-order valence-electron chi connectivity index (χ1n) is 6.08. The highest BCUT2D eigenvalue weighted by Gasteiger charge is 2.06. The highest BCUT2D eigenvalue weighted by Crippen LogP contribution is 2.13. The largest absolute Gasteiger partial charge is 0.493 e. The Bertz CT molecular complexity index is 588. The summed E-state index contributed by atoms with van der Waals surface area (Å²) in [6.45, 7) is 0.208. The maximum atomic E-state index is 13.0. The number of anilines is 1. The number of halogens is 2. The van der Waals surface area contributed by atoms with Crippen molar-refractivity contribution < 1.29 is 18.3 Å². The number of rotatable bonds is 5. The zero-order valence-electron chi connectivity index (χ0n) is 10.6. The summed E-state index contributed by atoms with van der Waals surface area (Å²) in [4.78, 5) is 11.6. The van der Waals surface area contributed by atoms with E-state index in [9.17, 15) is 13.6 Å². The highest BCUT2D eigenvalue weighted by atomic mass is 19.2. The molecule has 104 valence electrons. The van der Waals surface area contributed by atoms with Crippen LogP contribution < -0.4 is 10.1 Å². The van der Waals surface area contributed by atoms with Crippen LogP contribution in [0.4, 0.5) is 14.5 Å². The number of ether oxygens (including phenoxy) is 1. The van der Waals surface area contributed by atoms with Crippen LogP contribution in [-0.2, 0) is 4.79 Å². The van der Waals surface area contributed by atoms with Gasteiger partial charge in [-0.1, -0.05) is 18.2 Å². The Kier molecular flexibility index (Phi) is 4.65. The van der Waals surface area contributed by atoms with Crippen molar-refractivity contribution in [3.8, 4) is 5.75 Å². The zero-order valence-corrected chi connectivity index (χ0v) is 10.6. The van der Waals surface area contributed by atoms with Gasteiger partial charge in [-0.2, -0.15) is 0 Å². The minimum Gasteiger partial charge on any atom is -0.493 e. The molecule has 2 rings (SSSR count). The van der Waals surface area contributed by atoms with Gasteiger partial charge in [-0.05, 0) is 24.3 Å². The van der Waals surface area contributed by atoms with Crippen molar-refractivity contribution in [2.24, 2.45) is 0 Å². The van der Waals surface area contributed by atoms with Crippen molar-refractivity contribution in [1.29, 1.82) is 0 Å². The van der Waals surface area contributed by atoms with Crippen LogP contribution in [0, 0.1) is 11.6 Å². The van der Waals surface area contributed by atoms with E-state index in [1.165, 1.54) is 6.07 Å². The third-order valence-electron chi connectivity index (χ3n) is 2.54. The number of benzene rings is 2. The molecule has 1 amide bonds. The van der Waals surface area contributed by atoms with Crippen molar-refractivity contribution in [1.82, 2.24) is 0 Å². The van der Waals surface area contributed by atoms with Crippen LogP contribution in [-0.4, -0.2) is 12.5 Å². The number of hydrogen-bond donors (Lipinski definition) is 1. The van der Waals surface area contributed by atoms with Crippen LogP contribution in [0.15, 0.2) is 48.5 Å². The number of amides is 1. The fraction of sp³-hybridized carbons (Fsp3) is 0.133. The molecule has 0 spiro atoms. The summed E-state index contributed by atoms with van der Waals surface area (Å²) < 4.78 is 31.0. The van der Waals surface area contributed by atoms with E-state index in [2.05, 4.69) is 5.32 Å². The van der Waals surface area contributed by atoms with Crippen LogP contribution in [0.2, 0.25) is 0 Å². The molecule has 0 heterocycles. The molecule has 0 unspecified atom stereocenters. The minimum atomic E-state index is -0.997. The Hall–Kier alpha value is -2.43. The lowest BCUT2D eigenvalue weighted by Crippen LogP contribution is -2.15. The third kappa shape index (κ3) is 4.05. The maximum Gasteiger partial charge on any atom is 0.227 e. The topological polar surface area (TPSA) is 38.3 Å². The second kappa shape index (κ2) is 6.65. The van der Waals surface area contributed by atoms with E-state index in [1.54, 1.807) is 12.1 Å². The lowest BCUT2D eigenvalue weighted by molar-refractivity contribution is -0.116. The molecular weight excluding hydrogens is 264 g/mol. The summed E-state index contributed by atoms with van der Waals surface area (Å²) in [5, 5.41) is 2.47. The van der Waals surface area contributed by atoms with Crippen molar-refractivity contribution in [3.05, 3.63) is 60.2 Å². The van der Waals surface area contributed by atoms with Gasteiger partial charge < -0.3 is 10.1 Å². The molecule has 5 heteroatoms. The van der Waals surface area contributed by atoms with Crippen molar-refractivity contribution in [2.75, 3.05) is 11.9 Å². The molecule has 3 nitrogen and oxygen atoms in total. The average molecular weight is 277 g/mol. The summed E-state index contributed by atoms with van der Waals surface area (Å²) >= 11 is 0. The first kappa shape index (κ1) is 14.0. The Labute approximate surface area is 115 Å². The molecule has 0 saturated carbocycles. The van der Waals surface area contributed by atoms with E-state index in [4.69, 9.17) is 4.74 Å². The van der Waals surface area contributed by atoms with Gasteiger partial charge in [0.15, 0.2) is 11.6 Å². The molecule has 1 N–H and O–H groups in total. The van der Waals surface area contributed by atoms with Crippen molar-refractivity contribution >= 4 is 11.6 Å². The molecule has 0 aliphatic carbocycles. The molecule has 20 heavy (non-hydrogen) atoms. The van der Waals surface area contributed by atoms with E-state index in [1.807, 2.05) is 18.2 Å². The molecule has 0 aliphatic heterocycles. The quantitative estimate of drug-likeness (QED) is 0.910. The van der Waals surface area contributed by atoms with Gasteiger partial charge in [0.2, 0.25) is 5.91 Å². The van der Waals surface area contributed by atoms with Gasteiger partial charge >= 0.3 is 0 Å². The first-order chi connectivity index (χ1) is 9.65. The number of nitrogens with one attached hydrogen (secondary N) is 1. The molecule has 2 aromatic carbocycles. The Morgan fingerprint density at radius 3 is 2.50 bits per heavy atom. The summed E-state index contributed by atoms with van der Waals surface area (Å²) in [5.41, 5.74) is 0.216. The Balaban J connectivity index is 1.79. The second-order valence-electron chi connectivity index (χ2n) is 4.09.